The quantitative estimate of drug-likeness (QED) is 0.647. The van der Waals surface area contributed by atoms with Crippen LogP contribution in [0.15, 0.2) is 46.5 Å². The Bertz CT molecular complexity index is 557. The summed E-state index contributed by atoms with van der Waals surface area (Å²) < 4.78 is 5.07. The number of thioether (sulfide) groups is 1. The lowest BCUT2D eigenvalue weighted by molar-refractivity contribution is -0.138. The number of nitrogens with one attached hydrogen (secondary N) is 2. The topological polar surface area (TPSA) is 67.4 Å². The normalized spacial score (nSPS) is 18.0. The summed E-state index contributed by atoms with van der Waals surface area (Å²) in [6.45, 7) is 3.78. The molecule has 1 unspecified atom stereocenters. The Morgan fingerprint density at radius 1 is 1.33 bits per heavy atom. The maximum absolute atomic E-state index is 12.1. The van der Waals surface area contributed by atoms with Crippen molar-refractivity contribution in [1.29, 1.82) is 0 Å². The molecule has 1 atom stereocenters. The highest BCUT2D eigenvalue weighted by Gasteiger charge is 2.30. The van der Waals surface area contributed by atoms with Gasteiger partial charge in [-0.25, -0.2) is 9.59 Å². The minimum absolute atomic E-state index is 0.292. The second kappa shape index (κ2) is 7.17. The van der Waals surface area contributed by atoms with E-state index in [0.717, 1.165) is 4.90 Å². The molecule has 6 heteroatoms. The molecular formula is C15H18N2O3S. The zero-order valence-corrected chi connectivity index (χ0v) is 12.8. The number of urea groups is 1. The third-order valence-corrected chi connectivity index (χ3v) is 4.12. The molecule has 1 aromatic carbocycles. The van der Waals surface area contributed by atoms with E-state index >= 15 is 0 Å². The van der Waals surface area contributed by atoms with E-state index in [-0.39, 0.29) is 18.0 Å². The molecule has 0 radical (unpaired) electrons. The van der Waals surface area contributed by atoms with Gasteiger partial charge in [-0.2, -0.15) is 0 Å². The van der Waals surface area contributed by atoms with Crippen molar-refractivity contribution in [2.45, 2.75) is 24.8 Å². The van der Waals surface area contributed by atoms with E-state index < -0.39 is 0 Å². The highest BCUT2D eigenvalue weighted by atomic mass is 32.2. The number of carbonyl (C=O) groups excluding carboxylic acids is 2. The molecule has 1 aliphatic rings. The maximum Gasteiger partial charge on any atom is 0.337 e. The molecule has 0 bridgehead atoms. The van der Waals surface area contributed by atoms with Crippen molar-refractivity contribution < 1.29 is 14.3 Å². The largest absolute Gasteiger partial charge is 0.463 e. The van der Waals surface area contributed by atoms with Crippen LogP contribution >= 0.6 is 11.8 Å². The van der Waals surface area contributed by atoms with E-state index in [1.54, 1.807) is 25.6 Å². The van der Waals surface area contributed by atoms with Gasteiger partial charge in [-0.1, -0.05) is 18.2 Å². The van der Waals surface area contributed by atoms with Gasteiger partial charge in [0.1, 0.15) is 0 Å². The molecule has 2 amide bonds. The summed E-state index contributed by atoms with van der Waals surface area (Å²) in [5.74, 6) is 0.185. The fraction of sp³-hybridized carbons (Fsp3) is 0.333. The van der Waals surface area contributed by atoms with Crippen LogP contribution in [0.3, 0.4) is 0 Å². The first-order valence-electron chi connectivity index (χ1n) is 6.75. The van der Waals surface area contributed by atoms with Crippen LogP contribution in [0.4, 0.5) is 4.79 Å². The van der Waals surface area contributed by atoms with E-state index in [4.69, 9.17) is 4.74 Å². The van der Waals surface area contributed by atoms with Crippen LogP contribution in [0.2, 0.25) is 0 Å². The Morgan fingerprint density at radius 2 is 2.05 bits per heavy atom. The van der Waals surface area contributed by atoms with Crippen molar-refractivity contribution in [3.05, 3.63) is 41.6 Å². The van der Waals surface area contributed by atoms with Crippen LogP contribution in [-0.2, 0) is 9.53 Å². The molecular weight excluding hydrogens is 288 g/mol. The number of ether oxygens (including phenoxy) is 1. The van der Waals surface area contributed by atoms with Crippen molar-refractivity contribution in [3.8, 4) is 0 Å². The number of hydrogen-bond acceptors (Lipinski definition) is 4. The monoisotopic (exact) mass is 306 g/mol. The van der Waals surface area contributed by atoms with Gasteiger partial charge < -0.3 is 15.4 Å². The number of rotatable bonds is 5. The Morgan fingerprint density at radius 3 is 2.71 bits per heavy atom. The molecule has 0 saturated heterocycles. The molecule has 1 heterocycles. The molecule has 0 saturated carbocycles. The number of carbonyl (C=O) groups is 2. The average Bonchev–Trinajstić information content (AvgIpc) is 2.45. The molecule has 21 heavy (non-hydrogen) atoms. The van der Waals surface area contributed by atoms with Crippen molar-refractivity contribution in [2.24, 2.45) is 0 Å². The lowest BCUT2D eigenvalue weighted by Gasteiger charge is -2.27. The summed E-state index contributed by atoms with van der Waals surface area (Å²) in [6.07, 6.45) is 0. The molecule has 0 spiro atoms. The molecule has 0 fully saturated rings. The standard InChI is InChI=1S/C15H18N2O3S/c1-3-20-14(18)13-10(2)16-15(19)17-12(13)9-21-11-7-5-4-6-8-11/h4-8,12H,3,9H2,1-2H3,(H2,16,17,19). The van der Waals surface area contributed by atoms with Gasteiger partial charge in [0.2, 0.25) is 0 Å². The van der Waals surface area contributed by atoms with Gasteiger partial charge in [-0.05, 0) is 26.0 Å². The SMILES string of the molecule is CCOC(=O)C1=C(C)NC(=O)NC1CSc1ccccc1. The third kappa shape index (κ3) is 4.01. The van der Waals surface area contributed by atoms with Crippen LogP contribution in [-0.4, -0.2) is 30.4 Å². The average molecular weight is 306 g/mol. The van der Waals surface area contributed by atoms with Gasteiger partial charge >= 0.3 is 12.0 Å². The number of allylic oxidation sites excluding steroid dienone is 1. The zero-order valence-electron chi connectivity index (χ0n) is 12.0. The molecule has 2 rings (SSSR count). The van der Waals surface area contributed by atoms with Crippen LogP contribution < -0.4 is 10.6 Å². The molecule has 0 aliphatic carbocycles. The Hall–Kier alpha value is -1.95. The second-order valence-electron chi connectivity index (χ2n) is 4.53. The molecule has 5 nitrogen and oxygen atoms in total. The summed E-state index contributed by atoms with van der Waals surface area (Å²) in [7, 11) is 0. The fourth-order valence-corrected chi connectivity index (χ4v) is 3.05. The fourth-order valence-electron chi connectivity index (χ4n) is 2.09. The van der Waals surface area contributed by atoms with Gasteiger partial charge in [-0.3, -0.25) is 0 Å². The number of benzene rings is 1. The molecule has 1 aliphatic heterocycles. The van der Waals surface area contributed by atoms with Crippen LogP contribution in [0.1, 0.15) is 13.8 Å². The predicted octanol–water partition coefficient (Wildman–Crippen LogP) is 2.30. The van der Waals surface area contributed by atoms with E-state index in [1.165, 1.54) is 0 Å². The summed E-state index contributed by atoms with van der Waals surface area (Å²) >= 11 is 1.59. The predicted molar refractivity (Wildman–Crippen MR) is 82.0 cm³/mol. The van der Waals surface area contributed by atoms with Gasteiger partial charge in [0.15, 0.2) is 0 Å². The smallest absolute Gasteiger partial charge is 0.337 e. The van der Waals surface area contributed by atoms with Crippen molar-refractivity contribution in [2.75, 3.05) is 12.4 Å². The van der Waals surface area contributed by atoms with Crippen molar-refractivity contribution in [1.82, 2.24) is 10.6 Å². The Balaban J connectivity index is 2.12. The van der Waals surface area contributed by atoms with Crippen LogP contribution in [0.25, 0.3) is 0 Å². The number of esters is 1. The lowest BCUT2D eigenvalue weighted by atomic mass is 10.1. The van der Waals surface area contributed by atoms with Crippen molar-refractivity contribution in [3.63, 3.8) is 0 Å². The van der Waals surface area contributed by atoms with Gasteiger partial charge in [0.05, 0.1) is 18.2 Å². The number of hydrogen-bond donors (Lipinski definition) is 2. The van der Waals surface area contributed by atoms with E-state index in [2.05, 4.69) is 10.6 Å². The molecule has 1 aromatic rings. The zero-order chi connectivity index (χ0) is 15.2. The van der Waals surface area contributed by atoms with Crippen molar-refractivity contribution >= 4 is 23.8 Å². The first-order valence-corrected chi connectivity index (χ1v) is 7.73. The minimum atomic E-state index is -0.388. The van der Waals surface area contributed by atoms with E-state index in [1.807, 2.05) is 30.3 Å². The number of amides is 2. The summed E-state index contributed by atoms with van der Waals surface area (Å²) in [4.78, 5) is 24.7. The van der Waals surface area contributed by atoms with Crippen LogP contribution in [0, 0.1) is 0 Å². The maximum atomic E-state index is 12.1. The first kappa shape index (κ1) is 15.4. The molecule has 112 valence electrons. The Labute approximate surface area is 128 Å². The summed E-state index contributed by atoms with van der Waals surface area (Å²) in [5, 5.41) is 5.39. The molecule has 2 N–H and O–H groups in total. The minimum Gasteiger partial charge on any atom is -0.463 e. The van der Waals surface area contributed by atoms with E-state index in [0.29, 0.717) is 23.6 Å². The first-order chi connectivity index (χ1) is 10.1. The Kier molecular flexibility index (Phi) is 5.27. The van der Waals surface area contributed by atoms with Gasteiger partial charge in [-0.15, -0.1) is 11.8 Å². The summed E-state index contributed by atoms with van der Waals surface area (Å²) in [5.41, 5.74) is 1.04. The summed E-state index contributed by atoms with van der Waals surface area (Å²) in [6, 6.07) is 9.20. The highest BCUT2D eigenvalue weighted by Crippen LogP contribution is 2.23. The lowest BCUT2D eigenvalue weighted by Crippen LogP contribution is -2.51. The van der Waals surface area contributed by atoms with Gasteiger partial charge in [0, 0.05) is 16.3 Å². The van der Waals surface area contributed by atoms with Gasteiger partial charge in [0.25, 0.3) is 0 Å². The second-order valence-corrected chi connectivity index (χ2v) is 5.63. The van der Waals surface area contributed by atoms with Crippen LogP contribution in [0.5, 0.6) is 0 Å². The third-order valence-electron chi connectivity index (χ3n) is 3.01. The molecule has 0 aromatic heterocycles. The van der Waals surface area contributed by atoms with E-state index in [9.17, 15) is 9.59 Å². The highest BCUT2D eigenvalue weighted by molar-refractivity contribution is 7.99.